The maximum Gasteiger partial charge on any atom is 0.119 e. The third-order valence-electron chi connectivity index (χ3n) is 4.64. The van der Waals surface area contributed by atoms with Crippen molar-refractivity contribution in [2.45, 2.75) is 58.0 Å². The molecule has 2 rings (SSSR count). The van der Waals surface area contributed by atoms with Crippen molar-refractivity contribution in [2.24, 2.45) is 0 Å². The molecule has 1 radical (unpaired) electrons. The summed E-state index contributed by atoms with van der Waals surface area (Å²) in [6.45, 7) is 10.9. The van der Waals surface area contributed by atoms with E-state index in [1.165, 1.54) is 37.7 Å². The van der Waals surface area contributed by atoms with Crippen LogP contribution in [0.4, 0.5) is 0 Å². The van der Waals surface area contributed by atoms with E-state index in [2.05, 4.69) is 43.0 Å². The number of benzene rings is 1. The SMILES string of the molecule is [CH2]CCN1CCOC(c2ccc(OCCCCCCCC)cc2)C1. The Morgan fingerprint density at radius 3 is 2.62 bits per heavy atom. The Hall–Kier alpha value is -1.06. The Morgan fingerprint density at radius 1 is 1.12 bits per heavy atom. The molecule has 1 fully saturated rings. The number of ether oxygens (including phenoxy) is 2. The number of unbranched alkanes of at least 4 members (excludes halogenated alkanes) is 5. The Kier molecular flexibility index (Phi) is 9.22. The highest BCUT2D eigenvalue weighted by Gasteiger charge is 2.21. The summed E-state index contributed by atoms with van der Waals surface area (Å²) in [6, 6.07) is 8.45. The molecular weight excluding hydrogens is 298 g/mol. The summed E-state index contributed by atoms with van der Waals surface area (Å²) in [7, 11) is 0. The van der Waals surface area contributed by atoms with E-state index in [0.29, 0.717) is 0 Å². The summed E-state index contributed by atoms with van der Waals surface area (Å²) in [5.41, 5.74) is 1.25. The molecule has 135 valence electrons. The lowest BCUT2D eigenvalue weighted by Gasteiger charge is -2.32. The summed E-state index contributed by atoms with van der Waals surface area (Å²) in [5, 5.41) is 0. The van der Waals surface area contributed by atoms with Crippen LogP contribution in [0.5, 0.6) is 5.75 Å². The fourth-order valence-corrected chi connectivity index (χ4v) is 3.18. The van der Waals surface area contributed by atoms with Crippen LogP contribution in [-0.2, 0) is 4.74 Å². The second-order valence-electron chi connectivity index (χ2n) is 6.70. The molecule has 1 saturated heterocycles. The van der Waals surface area contributed by atoms with Gasteiger partial charge in [0.05, 0.1) is 19.3 Å². The predicted molar refractivity (Wildman–Crippen MR) is 100 cm³/mol. The molecule has 0 aliphatic carbocycles. The van der Waals surface area contributed by atoms with Crippen molar-refractivity contribution >= 4 is 0 Å². The molecule has 0 N–H and O–H groups in total. The Bertz CT molecular complexity index is 430. The largest absolute Gasteiger partial charge is 0.494 e. The van der Waals surface area contributed by atoms with Gasteiger partial charge in [0.25, 0.3) is 0 Å². The molecule has 1 aliphatic heterocycles. The molecule has 1 atom stereocenters. The lowest BCUT2D eigenvalue weighted by atomic mass is 10.1. The van der Waals surface area contributed by atoms with Gasteiger partial charge in [0.1, 0.15) is 5.75 Å². The first-order chi connectivity index (χ1) is 11.8. The van der Waals surface area contributed by atoms with Crippen LogP contribution in [0.25, 0.3) is 0 Å². The molecule has 1 aromatic carbocycles. The molecular formula is C21H34NO2. The monoisotopic (exact) mass is 332 g/mol. The molecule has 0 amide bonds. The van der Waals surface area contributed by atoms with Crippen molar-refractivity contribution in [1.29, 1.82) is 0 Å². The quantitative estimate of drug-likeness (QED) is 0.531. The summed E-state index contributed by atoms with van der Waals surface area (Å²) >= 11 is 0. The third-order valence-corrected chi connectivity index (χ3v) is 4.64. The number of nitrogens with zero attached hydrogens (tertiary/aromatic N) is 1. The van der Waals surface area contributed by atoms with Crippen LogP contribution in [-0.4, -0.2) is 37.7 Å². The average Bonchev–Trinajstić information content (AvgIpc) is 2.62. The zero-order valence-electron chi connectivity index (χ0n) is 15.3. The van der Waals surface area contributed by atoms with E-state index in [1.54, 1.807) is 0 Å². The van der Waals surface area contributed by atoms with Crippen LogP contribution >= 0.6 is 0 Å². The highest BCUT2D eigenvalue weighted by molar-refractivity contribution is 5.29. The van der Waals surface area contributed by atoms with Gasteiger partial charge < -0.3 is 9.47 Å². The highest BCUT2D eigenvalue weighted by Crippen LogP contribution is 2.24. The number of hydrogen-bond donors (Lipinski definition) is 0. The second-order valence-corrected chi connectivity index (χ2v) is 6.70. The Balaban J connectivity index is 1.68. The normalized spacial score (nSPS) is 18.7. The van der Waals surface area contributed by atoms with Crippen molar-refractivity contribution in [3.05, 3.63) is 36.8 Å². The fraction of sp³-hybridized carbons (Fsp3) is 0.667. The molecule has 1 aromatic rings. The molecule has 1 unspecified atom stereocenters. The van der Waals surface area contributed by atoms with Crippen LogP contribution in [0.3, 0.4) is 0 Å². The Morgan fingerprint density at radius 2 is 1.88 bits per heavy atom. The molecule has 1 heterocycles. The van der Waals surface area contributed by atoms with Gasteiger partial charge in [-0.1, -0.05) is 58.1 Å². The van der Waals surface area contributed by atoms with E-state index in [9.17, 15) is 0 Å². The van der Waals surface area contributed by atoms with Gasteiger partial charge in [-0.25, -0.2) is 0 Å². The fourth-order valence-electron chi connectivity index (χ4n) is 3.18. The van der Waals surface area contributed by atoms with Gasteiger partial charge >= 0.3 is 0 Å². The maximum absolute atomic E-state index is 5.92. The number of morpholine rings is 1. The molecule has 0 bridgehead atoms. The maximum atomic E-state index is 5.92. The van der Waals surface area contributed by atoms with Gasteiger partial charge in [0, 0.05) is 13.1 Å². The van der Waals surface area contributed by atoms with Crippen LogP contribution in [0.15, 0.2) is 24.3 Å². The zero-order valence-corrected chi connectivity index (χ0v) is 15.3. The first-order valence-corrected chi connectivity index (χ1v) is 9.69. The average molecular weight is 333 g/mol. The van der Waals surface area contributed by atoms with Gasteiger partial charge in [0.15, 0.2) is 0 Å². The third kappa shape index (κ3) is 6.82. The minimum atomic E-state index is 0.179. The van der Waals surface area contributed by atoms with E-state index in [4.69, 9.17) is 9.47 Å². The number of rotatable bonds is 11. The van der Waals surface area contributed by atoms with Crippen molar-refractivity contribution in [3.8, 4) is 5.75 Å². The first-order valence-electron chi connectivity index (χ1n) is 9.69. The van der Waals surface area contributed by atoms with Crippen molar-refractivity contribution in [1.82, 2.24) is 4.90 Å². The second kappa shape index (κ2) is 11.5. The van der Waals surface area contributed by atoms with Gasteiger partial charge in [-0.2, -0.15) is 0 Å². The van der Waals surface area contributed by atoms with Gasteiger partial charge in [0.2, 0.25) is 0 Å². The standard InChI is InChI=1S/C21H34NO2/c1-3-5-6-7-8-9-16-23-20-12-10-19(11-13-20)21-18-22(14-4-2)15-17-24-21/h10-13,21H,2-9,14-18H2,1H3. The van der Waals surface area contributed by atoms with E-state index < -0.39 is 0 Å². The van der Waals surface area contributed by atoms with E-state index in [1.807, 2.05) is 0 Å². The minimum absolute atomic E-state index is 0.179. The van der Waals surface area contributed by atoms with Gasteiger partial charge in [-0.15, -0.1) is 0 Å². The summed E-state index contributed by atoms with van der Waals surface area (Å²) in [5.74, 6) is 0.970. The number of hydrogen-bond acceptors (Lipinski definition) is 3. The summed E-state index contributed by atoms with van der Waals surface area (Å²) < 4.78 is 11.8. The molecule has 0 aromatic heterocycles. The lowest BCUT2D eigenvalue weighted by Crippen LogP contribution is -2.38. The van der Waals surface area contributed by atoms with E-state index >= 15 is 0 Å². The minimum Gasteiger partial charge on any atom is -0.494 e. The molecule has 0 saturated carbocycles. The predicted octanol–water partition coefficient (Wildman–Crippen LogP) is 5.02. The van der Waals surface area contributed by atoms with Crippen molar-refractivity contribution in [3.63, 3.8) is 0 Å². The molecule has 0 spiro atoms. The zero-order chi connectivity index (χ0) is 17.0. The lowest BCUT2D eigenvalue weighted by molar-refractivity contribution is -0.0294. The van der Waals surface area contributed by atoms with Crippen molar-refractivity contribution in [2.75, 3.05) is 32.8 Å². The molecule has 24 heavy (non-hydrogen) atoms. The van der Waals surface area contributed by atoms with E-state index in [-0.39, 0.29) is 6.10 Å². The van der Waals surface area contributed by atoms with Crippen LogP contribution < -0.4 is 4.74 Å². The van der Waals surface area contributed by atoms with Crippen molar-refractivity contribution < 1.29 is 9.47 Å². The van der Waals surface area contributed by atoms with Crippen LogP contribution in [0, 0.1) is 6.92 Å². The summed E-state index contributed by atoms with van der Waals surface area (Å²) in [6.07, 6.45) is 8.92. The molecule has 1 aliphatic rings. The van der Waals surface area contributed by atoms with Gasteiger partial charge in [-0.3, -0.25) is 4.90 Å². The topological polar surface area (TPSA) is 21.7 Å². The first kappa shape index (κ1) is 19.3. The Labute approximate surface area is 148 Å². The molecule has 3 heteroatoms. The van der Waals surface area contributed by atoms with Crippen LogP contribution in [0.1, 0.15) is 63.5 Å². The van der Waals surface area contributed by atoms with E-state index in [0.717, 1.165) is 51.4 Å². The smallest absolute Gasteiger partial charge is 0.119 e. The van der Waals surface area contributed by atoms with Gasteiger partial charge in [-0.05, 0) is 37.1 Å². The summed E-state index contributed by atoms with van der Waals surface area (Å²) in [4.78, 5) is 2.43. The van der Waals surface area contributed by atoms with Crippen LogP contribution in [0.2, 0.25) is 0 Å². The highest BCUT2D eigenvalue weighted by atomic mass is 16.5. The molecule has 3 nitrogen and oxygen atoms in total.